The van der Waals surface area contributed by atoms with E-state index in [2.05, 4.69) is 9.88 Å². The van der Waals surface area contributed by atoms with Crippen LogP contribution in [0.4, 0.5) is 0 Å². The van der Waals surface area contributed by atoms with Gasteiger partial charge in [0, 0.05) is 65.0 Å². The molecule has 1 aromatic carbocycles. The lowest BCUT2D eigenvalue weighted by atomic mass is 9.82. The van der Waals surface area contributed by atoms with Crippen LogP contribution >= 0.6 is 11.6 Å². The molecule has 0 amide bonds. The number of nitrogens with one attached hydrogen (secondary N) is 1. The van der Waals surface area contributed by atoms with Crippen LogP contribution < -0.4 is 5.56 Å². The van der Waals surface area contributed by atoms with Gasteiger partial charge < -0.3 is 14.7 Å². The molecule has 0 aliphatic carbocycles. The Morgan fingerprint density at radius 3 is 2.89 bits per heavy atom. The number of benzene rings is 1. The van der Waals surface area contributed by atoms with Crippen molar-refractivity contribution in [2.24, 2.45) is 5.92 Å². The van der Waals surface area contributed by atoms with Gasteiger partial charge in [-0.05, 0) is 30.5 Å². The van der Waals surface area contributed by atoms with Crippen molar-refractivity contribution in [3.05, 3.63) is 69.2 Å². The number of carboxylic acid groups (broad SMARTS) is 1. The molecule has 1 saturated heterocycles. The fraction of sp³-hybridized carbons (Fsp3) is 0.333. The van der Waals surface area contributed by atoms with Crippen molar-refractivity contribution in [2.45, 2.75) is 24.9 Å². The van der Waals surface area contributed by atoms with Crippen molar-refractivity contribution in [3.63, 3.8) is 0 Å². The number of aliphatic carboxylic acids is 1. The Morgan fingerprint density at radius 1 is 1.21 bits per heavy atom. The summed E-state index contributed by atoms with van der Waals surface area (Å²) in [6.07, 6.45) is 2.78. The number of carboxylic acids is 1. The van der Waals surface area contributed by atoms with E-state index in [0.717, 1.165) is 28.6 Å². The molecule has 3 aromatic rings. The van der Waals surface area contributed by atoms with E-state index in [1.807, 2.05) is 22.8 Å². The molecule has 6 nitrogen and oxygen atoms in total. The molecule has 2 aliphatic rings. The van der Waals surface area contributed by atoms with Gasteiger partial charge in [0.05, 0.1) is 0 Å². The van der Waals surface area contributed by atoms with E-state index < -0.39 is 12.0 Å². The summed E-state index contributed by atoms with van der Waals surface area (Å²) in [5, 5.41) is 11.6. The molecule has 7 heteroatoms. The first-order chi connectivity index (χ1) is 13.5. The Bertz CT molecular complexity index is 1140. The zero-order valence-corrected chi connectivity index (χ0v) is 15.9. The molecule has 2 aliphatic heterocycles. The average Bonchev–Trinajstić information content (AvgIpc) is 3.05. The molecule has 4 heterocycles. The molecule has 0 spiro atoms. The maximum absolute atomic E-state index is 12.3. The number of aromatic amines is 1. The first-order valence-electron chi connectivity index (χ1n) is 9.44. The zero-order valence-electron chi connectivity index (χ0n) is 15.1. The van der Waals surface area contributed by atoms with Crippen molar-refractivity contribution < 1.29 is 9.90 Å². The van der Waals surface area contributed by atoms with Crippen LogP contribution in [0.5, 0.6) is 0 Å². The highest BCUT2D eigenvalue weighted by atomic mass is 35.5. The lowest BCUT2D eigenvalue weighted by molar-refractivity contribution is -0.144. The molecule has 2 N–H and O–H groups in total. The molecule has 0 radical (unpaired) electrons. The van der Waals surface area contributed by atoms with Crippen LogP contribution in [0.1, 0.15) is 29.6 Å². The third kappa shape index (κ3) is 2.75. The first-order valence-corrected chi connectivity index (χ1v) is 9.82. The number of halogens is 1. The van der Waals surface area contributed by atoms with E-state index in [9.17, 15) is 14.7 Å². The van der Waals surface area contributed by atoms with E-state index >= 15 is 0 Å². The number of hydrogen-bond donors (Lipinski definition) is 2. The quantitative estimate of drug-likeness (QED) is 0.711. The lowest BCUT2D eigenvalue weighted by Gasteiger charge is -2.44. The largest absolute Gasteiger partial charge is 0.480 e. The number of aromatic nitrogens is 2. The zero-order chi connectivity index (χ0) is 19.4. The molecule has 28 heavy (non-hydrogen) atoms. The second-order valence-corrected chi connectivity index (χ2v) is 8.26. The van der Waals surface area contributed by atoms with Gasteiger partial charge in [0.15, 0.2) is 0 Å². The highest BCUT2D eigenvalue weighted by molar-refractivity contribution is 6.31. The maximum atomic E-state index is 12.3. The van der Waals surface area contributed by atoms with Gasteiger partial charge in [-0.15, -0.1) is 0 Å². The third-order valence-electron chi connectivity index (χ3n) is 6.08. The number of likely N-dealkylation sites (tertiary alicyclic amines) is 1. The summed E-state index contributed by atoms with van der Waals surface area (Å²) in [7, 11) is 0. The SMILES string of the molecule is O=C(O)[C@H](c1c[nH]c2cc(Cl)ccc12)N1C[C@H]2C[C@H](C1)c1cccc(=O)n1C2. The minimum atomic E-state index is -0.860. The number of rotatable bonds is 3. The van der Waals surface area contributed by atoms with Gasteiger partial charge in [-0.1, -0.05) is 23.7 Å². The van der Waals surface area contributed by atoms with Crippen molar-refractivity contribution in [1.29, 1.82) is 0 Å². The minimum Gasteiger partial charge on any atom is -0.480 e. The predicted molar refractivity (Wildman–Crippen MR) is 107 cm³/mol. The van der Waals surface area contributed by atoms with Crippen LogP contribution in [0.25, 0.3) is 10.9 Å². The Labute approximate surface area is 166 Å². The van der Waals surface area contributed by atoms with E-state index in [1.165, 1.54) is 0 Å². The van der Waals surface area contributed by atoms with Crippen molar-refractivity contribution >= 4 is 28.5 Å². The van der Waals surface area contributed by atoms with Crippen LogP contribution in [0.3, 0.4) is 0 Å². The van der Waals surface area contributed by atoms with E-state index in [1.54, 1.807) is 24.4 Å². The first kappa shape index (κ1) is 17.5. The van der Waals surface area contributed by atoms with Gasteiger partial charge in [0.1, 0.15) is 6.04 Å². The Kier molecular flexibility index (Phi) is 4.07. The van der Waals surface area contributed by atoms with Gasteiger partial charge in [-0.25, -0.2) is 0 Å². The van der Waals surface area contributed by atoms with Gasteiger partial charge in [-0.2, -0.15) is 0 Å². The van der Waals surface area contributed by atoms with Gasteiger partial charge in [0.25, 0.3) is 5.56 Å². The molecule has 2 aromatic heterocycles. The van der Waals surface area contributed by atoms with Crippen LogP contribution in [0.2, 0.25) is 5.02 Å². The highest BCUT2D eigenvalue weighted by Gasteiger charge is 2.40. The topological polar surface area (TPSA) is 78.3 Å². The monoisotopic (exact) mass is 397 g/mol. The second kappa shape index (κ2) is 6.50. The van der Waals surface area contributed by atoms with Crippen LogP contribution in [-0.2, 0) is 11.3 Å². The highest BCUT2D eigenvalue weighted by Crippen LogP contribution is 2.39. The molecule has 0 unspecified atom stereocenters. The minimum absolute atomic E-state index is 0.0314. The standard InChI is InChI=1S/C21H20ClN3O3/c22-14-4-5-15-16(8-23-17(15)7-14)20(21(27)28)24-9-12-6-13(11-24)18-2-1-3-19(26)25(18)10-12/h1-5,7-8,12-13,20,23H,6,9-11H2,(H,27,28)/t12-,13-,20+/m1/s1. The second-order valence-electron chi connectivity index (χ2n) is 7.83. The summed E-state index contributed by atoms with van der Waals surface area (Å²) in [5.41, 5.74) is 2.64. The Morgan fingerprint density at radius 2 is 2.07 bits per heavy atom. The summed E-state index contributed by atoms with van der Waals surface area (Å²) in [4.78, 5) is 29.7. The average molecular weight is 398 g/mol. The van der Waals surface area contributed by atoms with Crippen LogP contribution in [-0.4, -0.2) is 38.6 Å². The molecule has 2 bridgehead atoms. The van der Waals surface area contributed by atoms with Crippen LogP contribution in [0.15, 0.2) is 47.4 Å². The lowest BCUT2D eigenvalue weighted by Crippen LogP contribution is -2.49. The molecular weight excluding hydrogens is 378 g/mol. The number of fused-ring (bicyclic) bond motifs is 5. The molecule has 3 atom stereocenters. The van der Waals surface area contributed by atoms with Gasteiger partial charge in [0.2, 0.25) is 0 Å². The van der Waals surface area contributed by atoms with Crippen molar-refractivity contribution in [2.75, 3.05) is 13.1 Å². The fourth-order valence-electron chi connectivity index (χ4n) is 4.98. The number of carbonyl (C=O) groups is 1. The molecule has 1 fully saturated rings. The number of piperidine rings is 1. The van der Waals surface area contributed by atoms with E-state index in [-0.39, 0.29) is 17.4 Å². The maximum Gasteiger partial charge on any atom is 0.325 e. The summed E-state index contributed by atoms with van der Waals surface area (Å²) in [6.45, 7) is 1.93. The summed E-state index contributed by atoms with van der Waals surface area (Å²) >= 11 is 6.07. The fourth-order valence-corrected chi connectivity index (χ4v) is 5.15. The summed E-state index contributed by atoms with van der Waals surface area (Å²) in [5.74, 6) is -0.419. The normalized spacial score (nSPS) is 22.8. The number of nitrogens with zero attached hydrogens (tertiary/aromatic N) is 2. The molecule has 0 saturated carbocycles. The van der Waals surface area contributed by atoms with Gasteiger partial charge >= 0.3 is 5.97 Å². The smallest absolute Gasteiger partial charge is 0.325 e. The van der Waals surface area contributed by atoms with Crippen molar-refractivity contribution in [3.8, 4) is 0 Å². The Balaban J connectivity index is 1.54. The van der Waals surface area contributed by atoms with Crippen LogP contribution in [0, 0.1) is 5.92 Å². The molecular formula is C21H20ClN3O3. The summed E-state index contributed by atoms with van der Waals surface area (Å²) in [6, 6.07) is 10.1. The molecule has 144 valence electrons. The molecule has 5 rings (SSSR count). The predicted octanol–water partition coefficient (Wildman–Crippen LogP) is 3.23. The number of pyridine rings is 1. The van der Waals surface area contributed by atoms with E-state index in [4.69, 9.17) is 11.6 Å². The summed E-state index contributed by atoms with van der Waals surface area (Å²) < 4.78 is 1.86. The Hall–Kier alpha value is -2.57. The number of hydrogen-bond acceptors (Lipinski definition) is 3. The third-order valence-corrected chi connectivity index (χ3v) is 6.31. The van der Waals surface area contributed by atoms with E-state index in [0.29, 0.717) is 24.7 Å². The van der Waals surface area contributed by atoms with Crippen molar-refractivity contribution in [1.82, 2.24) is 14.5 Å². The van der Waals surface area contributed by atoms with Gasteiger partial charge in [-0.3, -0.25) is 14.5 Å². The number of H-pyrrole nitrogens is 1.